The Hall–Kier alpha value is -7.08. The van der Waals surface area contributed by atoms with Crippen molar-refractivity contribution in [3.63, 3.8) is 0 Å². The van der Waals surface area contributed by atoms with Crippen molar-refractivity contribution in [1.29, 1.82) is 0 Å². The fraction of sp³-hybridized carbons (Fsp3) is 0.567. The Balaban J connectivity index is 1.11. The molecule has 2 heterocycles. The predicted octanol–water partition coefficient (Wildman–Crippen LogP) is 5.54. The monoisotopic (exact) mass is 1180 g/mol. The van der Waals surface area contributed by atoms with Crippen LogP contribution in [0.5, 0.6) is 0 Å². The number of aryl methyl sites for hydroxylation is 2. The second-order valence-electron chi connectivity index (χ2n) is 24.7. The summed E-state index contributed by atoms with van der Waals surface area (Å²) in [4.78, 5) is 113. The van der Waals surface area contributed by atoms with E-state index in [1.165, 1.54) is 24.9 Å². The van der Waals surface area contributed by atoms with Crippen LogP contribution in [0, 0.1) is 10.8 Å². The number of halogens is 6. The molecule has 7 rings (SSSR count). The summed E-state index contributed by atoms with van der Waals surface area (Å²) in [6, 6.07) is 8.75. The quantitative estimate of drug-likeness (QED) is 0.0741. The standard InChI is InChI=1S/C60H78F6N10O8/c1-32(67-9)48(77)73-46(56(3,4)5)52(81)75-30-37-27-38(26-25-36(37)28-44(75)50(79)71-42-23-15-19-34-17-11-13-21-40(34)42)69-54(83)58(61,62)60(65,66)59(63,64)55(84)70-39-29-45(51(80)72-43-24-16-20-35-18-12-14-22-41(35)43)76(31-39)53(82)47(57(6,7)8)74-49(78)33(2)68-10/h11-14,17-18,21-22,25-27,32-33,39,42-47,67-68H,15-16,19-20,23-24,28-31H2,1-10H3,(H,69,83)(H,70,84)(H,71,79)(H,72,80)(H,73,77)(H,74,78)/t32-,33-,39-,42?,43?,44-,45-,46+,47+/m0/s1. The van der Waals surface area contributed by atoms with Crippen LogP contribution in [-0.2, 0) is 64.2 Å². The van der Waals surface area contributed by atoms with E-state index < -0.39 is 155 Å². The summed E-state index contributed by atoms with van der Waals surface area (Å²) in [6.45, 7) is 11.8. The lowest BCUT2D eigenvalue weighted by atomic mass is 9.83. The van der Waals surface area contributed by atoms with Gasteiger partial charge in [0.25, 0.3) is 5.91 Å². The zero-order valence-electron chi connectivity index (χ0n) is 49.0. The number of nitrogens with one attached hydrogen (secondary N) is 8. The molecular formula is C60H78F6N10O8. The number of carbonyl (C=O) groups is 8. The molecule has 3 aromatic rings. The molecule has 458 valence electrons. The molecule has 4 aliphatic rings. The van der Waals surface area contributed by atoms with Gasteiger partial charge in [0.05, 0.1) is 24.2 Å². The Bertz CT molecular complexity index is 3000. The Morgan fingerprint density at radius 1 is 0.560 bits per heavy atom. The lowest BCUT2D eigenvalue weighted by Gasteiger charge is -2.42. The number of rotatable bonds is 18. The molecule has 2 unspecified atom stereocenters. The highest BCUT2D eigenvalue weighted by molar-refractivity contribution is 5.99. The van der Waals surface area contributed by atoms with E-state index in [9.17, 15) is 38.4 Å². The molecule has 1 fully saturated rings. The maximum Gasteiger partial charge on any atom is 0.393 e. The number of likely N-dealkylation sites (N-methyl/N-ethyl adjacent to an activating group) is 2. The van der Waals surface area contributed by atoms with E-state index >= 15 is 26.3 Å². The zero-order valence-corrected chi connectivity index (χ0v) is 49.0. The second-order valence-corrected chi connectivity index (χ2v) is 24.7. The van der Waals surface area contributed by atoms with Gasteiger partial charge in [-0.1, -0.05) is 96.1 Å². The molecule has 1 saturated heterocycles. The number of nitrogens with zero attached hydrogens (tertiary/aromatic N) is 2. The van der Waals surface area contributed by atoms with Crippen molar-refractivity contribution in [2.24, 2.45) is 10.8 Å². The molecule has 0 aromatic heterocycles. The number of carbonyl (C=O) groups excluding carboxylic acids is 8. The van der Waals surface area contributed by atoms with Gasteiger partial charge in [-0.05, 0) is 129 Å². The molecule has 3 aromatic carbocycles. The number of amides is 8. The third kappa shape index (κ3) is 13.5. The van der Waals surface area contributed by atoms with E-state index in [1.54, 1.807) is 72.2 Å². The first-order valence-electron chi connectivity index (χ1n) is 28.4. The molecule has 8 N–H and O–H groups in total. The molecule has 0 bridgehead atoms. The third-order valence-electron chi connectivity index (χ3n) is 16.6. The molecule has 18 nitrogen and oxygen atoms in total. The van der Waals surface area contributed by atoms with E-state index in [1.807, 2.05) is 42.5 Å². The van der Waals surface area contributed by atoms with Crippen LogP contribution < -0.4 is 42.5 Å². The first-order valence-corrected chi connectivity index (χ1v) is 28.4. The van der Waals surface area contributed by atoms with Crippen molar-refractivity contribution < 1.29 is 64.7 Å². The molecule has 2 aliphatic heterocycles. The van der Waals surface area contributed by atoms with Crippen molar-refractivity contribution in [2.75, 3.05) is 26.0 Å². The fourth-order valence-electron chi connectivity index (χ4n) is 11.3. The molecule has 84 heavy (non-hydrogen) atoms. The number of anilines is 1. The summed E-state index contributed by atoms with van der Waals surface area (Å²) in [5, 5.41) is 20.2. The van der Waals surface area contributed by atoms with Crippen molar-refractivity contribution in [3.8, 4) is 0 Å². The van der Waals surface area contributed by atoms with Crippen molar-refractivity contribution in [3.05, 3.63) is 100 Å². The summed E-state index contributed by atoms with van der Waals surface area (Å²) in [7, 11) is 3.05. The van der Waals surface area contributed by atoms with Crippen LogP contribution in [0.25, 0.3) is 0 Å². The Morgan fingerprint density at radius 3 is 1.51 bits per heavy atom. The van der Waals surface area contributed by atoms with Crippen LogP contribution in [0.4, 0.5) is 32.0 Å². The van der Waals surface area contributed by atoms with Crippen LogP contribution >= 0.6 is 0 Å². The highest BCUT2D eigenvalue weighted by Gasteiger charge is 2.78. The maximum absolute atomic E-state index is 16.0. The normalized spacial score (nSPS) is 21.5. The van der Waals surface area contributed by atoms with Gasteiger partial charge in [0.1, 0.15) is 24.2 Å². The van der Waals surface area contributed by atoms with Gasteiger partial charge in [-0.25, -0.2) is 0 Å². The van der Waals surface area contributed by atoms with Gasteiger partial charge in [0, 0.05) is 31.2 Å². The Labute approximate surface area is 485 Å². The number of benzene rings is 3. The SMILES string of the molecule is CN[C@@H](C)C(=O)N[C@H](C(=O)N1Cc2cc(NC(=O)C(F)(F)C(F)(F)C(F)(F)C(=O)N[C@H]3C[C@@H](C(=O)NC4CCCc5ccccc54)N(C(=O)[C@@H](NC(=O)[C@H](C)NC)C(C)(C)C)C3)ccc2C[C@H]1C(=O)NC1CCCc2ccccc21)C(C)(C)C. The summed E-state index contributed by atoms with van der Waals surface area (Å²) in [5.74, 6) is -29.2. The summed E-state index contributed by atoms with van der Waals surface area (Å²) in [6.07, 6.45) is 3.23. The topological polar surface area (TPSA) is 239 Å². The molecule has 0 saturated carbocycles. The molecule has 9 atom stereocenters. The minimum absolute atomic E-state index is 0.152. The smallest absolute Gasteiger partial charge is 0.347 e. The Morgan fingerprint density at radius 2 is 1.02 bits per heavy atom. The minimum atomic E-state index is -6.72. The highest BCUT2D eigenvalue weighted by Crippen LogP contribution is 2.47. The summed E-state index contributed by atoms with van der Waals surface area (Å²) < 4.78 is 95.6. The number of likely N-dealkylation sites (tertiary alicyclic amines) is 1. The average Bonchev–Trinajstić information content (AvgIpc) is 1.20. The van der Waals surface area contributed by atoms with Gasteiger partial charge < -0.3 is 52.3 Å². The number of alkyl halides is 6. The van der Waals surface area contributed by atoms with Gasteiger partial charge >= 0.3 is 23.7 Å². The maximum atomic E-state index is 16.0. The number of hydrogen-bond acceptors (Lipinski definition) is 10. The van der Waals surface area contributed by atoms with E-state index in [-0.39, 0.29) is 12.0 Å². The first kappa shape index (κ1) is 64.5. The predicted molar refractivity (Wildman–Crippen MR) is 300 cm³/mol. The second kappa shape index (κ2) is 25.2. The van der Waals surface area contributed by atoms with Crippen LogP contribution in [-0.4, -0.2) is 138 Å². The molecular weight excluding hydrogens is 1100 g/mol. The molecule has 8 amide bonds. The number of fused-ring (bicyclic) bond motifs is 3. The zero-order chi connectivity index (χ0) is 62.0. The molecule has 2 aliphatic carbocycles. The average molecular weight is 1180 g/mol. The van der Waals surface area contributed by atoms with Crippen LogP contribution in [0.3, 0.4) is 0 Å². The van der Waals surface area contributed by atoms with E-state index in [0.717, 1.165) is 58.5 Å². The van der Waals surface area contributed by atoms with Gasteiger partial charge in [0.2, 0.25) is 35.4 Å². The van der Waals surface area contributed by atoms with Gasteiger partial charge in [-0.2, -0.15) is 26.3 Å². The summed E-state index contributed by atoms with van der Waals surface area (Å²) in [5.41, 5.74) is 1.65. The first-order chi connectivity index (χ1) is 39.2. The van der Waals surface area contributed by atoms with Crippen molar-refractivity contribution in [1.82, 2.24) is 47.0 Å². The largest absolute Gasteiger partial charge is 0.393 e. The van der Waals surface area contributed by atoms with Gasteiger partial charge in [-0.3, -0.25) is 38.4 Å². The van der Waals surface area contributed by atoms with Crippen LogP contribution in [0.15, 0.2) is 66.7 Å². The molecule has 24 heteroatoms. The minimum Gasteiger partial charge on any atom is -0.347 e. The Kier molecular flexibility index (Phi) is 19.4. The lowest BCUT2D eigenvalue weighted by molar-refractivity contribution is -0.285. The van der Waals surface area contributed by atoms with Crippen molar-refractivity contribution in [2.45, 2.75) is 185 Å². The van der Waals surface area contributed by atoms with Crippen molar-refractivity contribution >= 4 is 52.9 Å². The van der Waals surface area contributed by atoms with Crippen LogP contribution in [0.2, 0.25) is 0 Å². The molecule has 0 radical (unpaired) electrons. The fourth-order valence-corrected chi connectivity index (χ4v) is 11.3. The van der Waals surface area contributed by atoms with Crippen LogP contribution in [0.1, 0.15) is 133 Å². The lowest BCUT2D eigenvalue weighted by Crippen LogP contribution is -2.65. The van der Waals surface area contributed by atoms with Gasteiger partial charge in [0.15, 0.2) is 0 Å². The van der Waals surface area contributed by atoms with E-state index in [0.29, 0.717) is 24.8 Å². The summed E-state index contributed by atoms with van der Waals surface area (Å²) >= 11 is 0. The van der Waals surface area contributed by atoms with E-state index in [2.05, 4.69) is 31.9 Å². The van der Waals surface area contributed by atoms with E-state index in [4.69, 9.17) is 0 Å². The third-order valence-corrected chi connectivity index (χ3v) is 16.6. The highest BCUT2D eigenvalue weighted by atomic mass is 19.3. The molecule has 0 spiro atoms. The number of hydrogen-bond donors (Lipinski definition) is 8. The van der Waals surface area contributed by atoms with Gasteiger partial charge in [-0.15, -0.1) is 0 Å².